The summed E-state index contributed by atoms with van der Waals surface area (Å²) < 4.78 is 6.08. The first-order chi connectivity index (χ1) is 22.0. The van der Waals surface area contributed by atoms with Crippen molar-refractivity contribution in [3.63, 3.8) is 0 Å². The van der Waals surface area contributed by atoms with Gasteiger partial charge in [0, 0.05) is 29.9 Å². The fraction of sp³-hybridized carbons (Fsp3) is 0.410. The van der Waals surface area contributed by atoms with Crippen molar-refractivity contribution in [2.24, 2.45) is 4.99 Å². The first-order valence-electron chi connectivity index (χ1n) is 16.9. The van der Waals surface area contributed by atoms with Gasteiger partial charge in [0.25, 0.3) is 5.91 Å². The number of Topliss-reactive ketones (excluding diaryl/α,β-unsaturated/α-hetero) is 1. The Balaban J connectivity index is 1.40. The zero-order valence-electron chi connectivity index (χ0n) is 27.3. The molecule has 1 N–H and O–H groups in total. The number of rotatable bonds is 18. The van der Waals surface area contributed by atoms with Gasteiger partial charge in [-0.1, -0.05) is 101 Å². The second kappa shape index (κ2) is 17.9. The molecule has 238 valence electrons. The van der Waals surface area contributed by atoms with Crippen LogP contribution in [-0.4, -0.2) is 37.1 Å². The van der Waals surface area contributed by atoms with E-state index < -0.39 is 5.91 Å². The number of carbonyl (C=O) groups is 2. The molecular formula is C39H49N3O3. The lowest BCUT2D eigenvalue weighted by Crippen LogP contribution is -2.26. The lowest BCUT2D eigenvalue weighted by Gasteiger charge is -2.21. The Morgan fingerprint density at radius 1 is 0.733 bits per heavy atom. The third-order valence-corrected chi connectivity index (χ3v) is 8.34. The summed E-state index contributed by atoms with van der Waals surface area (Å²) in [6, 6.07) is 22.8. The highest BCUT2D eigenvalue weighted by atomic mass is 16.5. The Hall–Kier alpha value is -4.19. The monoisotopic (exact) mass is 607 g/mol. The van der Waals surface area contributed by atoms with Crippen molar-refractivity contribution in [1.82, 2.24) is 0 Å². The van der Waals surface area contributed by atoms with Crippen LogP contribution in [0.15, 0.2) is 89.4 Å². The molecule has 0 saturated carbocycles. The molecule has 0 aromatic heterocycles. The van der Waals surface area contributed by atoms with Crippen molar-refractivity contribution in [3.8, 4) is 5.75 Å². The highest BCUT2D eigenvalue weighted by Crippen LogP contribution is 2.29. The van der Waals surface area contributed by atoms with Crippen LogP contribution in [0.1, 0.15) is 101 Å². The van der Waals surface area contributed by atoms with E-state index in [0.717, 1.165) is 37.3 Å². The summed E-state index contributed by atoms with van der Waals surface area (Å²) in [7, 11) is 0. The number of benzene rings is 3. The average Bonchev–Trinajstić information content (AvgIpc) is 3.07. The van der Waals surface area contributed by atoms with E-state index in [1.807, 2.05) is 48.5 Å². The van der Waals surface area contributed by atoms with E-state index in [9.17, 15) is 9.59 Å². The molecule has 4 rings (SSSR count). The van der Waals surface area contributed by atoms with Gasteiger partial charge in [-0.3, -0.25) is 9.59 Å². The fourth-order valence-corrected chi connectivity index (χ4v) is 5.71. The Labute approximate surface area is 269 Å². The molecule has 0 radical (unpaired) electrons. The van der Waals surface area contributed by atoms with Crippen molar-refractivity contribution in [2.75, 3.05) is 29.9 Å². The van der Waals surface area contributed by atoms with E-state index in [1.54, 1.807) is 18.2 Å². The minimum Gasteiger partial charge on any atom is -0.491 e. The molecule has 0 fully saturated rings. The number of hydrogen-bond donors (Lipinski definition) is 1. The maximum absolute atomic E-state index is 13.6. The van der Waals surface area contributed by atoms with Gasteiger partial charge in [0.1, 0.15) is 5.75 Å². The zero-order valence-corrected chi connectivity index (χ0v) is 27.3. The van der Waals surface area contributed by atoms with Crippen LogP contribution < -0.4 is 15.0 Å². The van der Waals surface area contributed by atoms with Crippen LogP contribution in [-0.2, 0) is 4.79 Å². The van der Waals surface area contributed by atoms with Gasteiger partial charge in [-0.25, -0.2) is 4.99 Å². The number of fused-ring (bicyclic) bond motifs is 1. The van der Waals surface area contributed by atoms with Crippen molar-refractivity contribution >= 4 is 34.5 Å². The summed E-state index contributed by atoms with van der Waals surface area (Å²) in [4.78, 5) is 34.2. The number of anilines is 2. The van der Waals surface area contributed by atoms with Gasteiger partial charge in [0.2, 0.25) is 0 Å². The van der Waals surface area contributed by atoms with E-state index >= 15 is 0 Å². The standard InChI is InChI=1S/C39H49N3O3/c1-4-7-8-9-10-11-12-13-14-19-28-45-37-23-18-17-22-35(37)41-39(44)34-29-36(32-20-15-16-21-33(32)38(34)43)40-30-24-26-31(27-25-30)42(5-2)6-3/h15-18,20-27,29H,4-14,19,28H2,1-3H3,(H,41,44). The molecule has 0 atom stereocenters. The van der Waals surface area contributed by atoms with E-state index in [4.69, 9.17) is 9.73 Å². The van der Waals surface area contributed by atoms with Gasteiger partial charge >= 0.3 is 0 Å². The highest BCUT2D eigenvalue weighted by Gasteiger charge is 2.29. The normalized spacial score (nSPS) is 13.4. The molecule has 1 amide bonds. The first kappa shape index (κ1) is 33.7. The van der Waals surface area contributed by atoms with Crippen LogP contribution in [0.4, 0.5) is 17.1 Å². The Morgan fingerprint density at radius 2 is 1.33 bits per heavy atom. The number of para-hydroxylation sites is 2. The van der Waals surface area contributed by atoms with Gasteiger partial charge in [-0.05, 0) is 62.7 Å². The number of unbranched alkanes of at least 4 members (excludes halogenated alkanes) is 9. The second-order valence-corrected chi connectivity index (χ2v) is 11.6. The molecule has 0 heterocycles. The smallest absolute Gasteiger partial charge is 0.259 e. The summed E-state index contributed by atoms with van der Waals surface area (Å²) >= 11 is 0. The second-order valence-electron chi connectivity index (χ2n) is 11.6. The van der Waals surface area contributed by atoms with Gasteiger partial charge in [0.15, 0.2) is 5.78 Å². The maximum atomic E-state index is 13.6. The predicted octanol–water partition coefficient (Wildman–Crippen LogP) is 9.71. The van der Waals surface area contributed by atoms with Crippen molar-refractivity contribution in [2.45, 2.75) is 85.0 Å². The molecule has 0 bridgehead atoms. The van der Waals surface area contributed by atoms with E-state index in [2.05, 4.69) is 43.1 Å². The Morgan fingerprint density at radius 3 is 2.00 bits per heavy atom. The predicted molar refractivity (Wildman–Crippen MR) is 187 cm³/mol. The van der Waals surface area contributed by atoms with E-state index in [-0.39, 0.29) is 11.4 Å². The number of carbonyl (C=O) groups excluding carboxylic acids is 2. The molecule has 1 aliphatic rings. The van der Waals surface area contributed by atoms with E-state index in [1.165, 1.54) is 51.4 Å². The molecule has 6 heteroatoms. The van der Waals surface area contributed by atoms with Crippen LogP contribution in [0.25, 0.3) is 0 Å². The van der Waals surface area contributed by atoms with Gasteiger partial charge in [-0.2, -0.15) is 0 Å². The summed E-state index contributed by atoms with van der Waals surface area (Å²) in [6.45, 7) is 8.95. The topological polar surface area (TPSA) is 71.0 Å². The number of nitrogens with zero attached hydrogens (tertiary/aromatic N) is 2. The molecule has 0 aliphatic heterocycles. The molecule has 0 unspecified atom stereocenters. The van der Waals surface area contributed by atoms with Gasteiger partial charge in [-0.15, -0.1) is 0 Å². The van der Waals surface area contributed by atoms with E-state index in [0.29, 0.717) is 34.9 Å². The molecule has 3 aromatic carbocycles. The molecule has 3 aromatic rings. The number of ether oxygens (including phenoxy) is 1. The number of nitrogens with one attached hydrogen (secondary N) is 1. The minimum absolute atomic E-state index is 0.0525. The maximum Gasteiger partial charge on any atom is 0.259 e. The lowest BCUT2D eigenvalue weighted by atomic mass is 9.88. The molecule has 1 aliphatic carbocycles. The van der Waals surface area contributed by atoms with Crippen molar-refractivity contribution < 1.29 is 14.3 Å². The van der Waals surface area contributed by atoms with Crippen molar-refractivity contribution in [3.05, 3.63) is 95.6 Å². The van der Waals surface area contributed by atoms with Gasteiger partial charge in [0.05, 0.1) is 29.3 Å². The van der Waals surface area contributed by atoms with Crippen LogP contribution >= 0.6 is 0 Å². The average molecular weight is 608 g/mol. The zero-order chi connectivity index (χ0) is 31.9. The Bertz CT molecular complexity index is 1450. The summed E-state index contributed by atoms with van der Waals surface area (Å²) in [5.74, 6) is -0.190. The lowest BCUT2D eigenvalue weighted by molar-refractivity contribution is -0.112. The van der Waals surface area contributed by atoms with Crippen LogP contribution in [0.2, 0.25) is 0 Å². The highest BCUT2D eigenvalue weighted by molar-refractivity contribution is 6.37. The third kappa shape index (κ3) is 9.65. The van der Waals surface area contributed by atoms with Gasteiger partial charge < -0.3 is 15.0 Å². The van der Waals surface area contributed by atoms with Crippen molar-refractivity contribution in [1.29, 1.82) is 0 Å². The first-order valence-corrected chi connectivity index (χ1v) is 16.9. The summed E-state index contributed by atoms with van der Waals surface area (Å²) in [6.07, 6.45) is 14.2. The quantitative estimate of drug-likeness (QED) is 0.115. The number of aliphatic imine (C=N–C) groups is 1. The fourth-order valence-electron chi connectivity index (χ4n) is 5.71. The van der Waals surface area contributed by atoms with Crippen LogP contribution in [0.3, 0.4) is 0 Å². The van der Waals surface area contributed by atoms with Crippen LogP contribution in [0.5, 0.6) is 5.75 Å². The largest absolute Gasteiger partial charge is 0.491 e. The summed E-state index contributed by atoms with van der Waals surface area (Å²) in [5.41, 5.74) is 4.25. The SMILES string of the molecule is CCCCCCCCCCCCOc1ccccc1NC(=O)C1=CC(=Nc2ccc(N(CC)CC)cc2)c2ccccc2C1=O. The molecule has 6 nitrogen and oxygen atoms in total. The van der Waals surface area contributed by atoms with Crippen LogP contribution in [0, 0.1) is 0 Å². The number of hydrogen-bond acceptors (Lipinski definition) is 5. The number of allylic oxidation sites excluding steroid dienone is 1. The number of ketones is 1. The molecular weight excluding hydrogens is 558 g/mol. The molecule has 0 saturated heterocycles. The Kier molecular flexibility index (Phi) is 13.4. The minimum atomic E-state index is -0.478. The molecule has 0 spiro atoms. The summed E-state index contributed by atoms with van der Waals surface area (Å²) in [5, 5.41) is 2.93. The molecule has 45 heavy (non-hydrogen) atoms. The third-order valence-electron chi connectivity index (χ3n) is 8.34. The number of amides is 1.